The third-order valence-corrected chi connectivity index (χ3v) is 3.19. The smallest absolute Gasteiger partial charge is 0.246 e. The molecule has 1 amide bonds. The maximum Gasteiger partial charge on any atom is 0.246 e. The van der Waals surface area contributed by atoms with Gasteiger partial charge in [0.05, 0.1) is 0 Å². The summed E-state index contributed by atoms with van der Waals surface area (Å²) >= 11 is 0. The second kappa shape index (κ2) is 8.00. The average Bonchev–Trinajstić information content (AvgIpc) is 2.53. The van der Waals surface area contributed by atoms with E-state index in [1.165, 1.54) is 5.56 Å². The molecule has 2 rings (SSSR count). The van der Waals surface area contributed by atoms with Crippen molar-refractivity contribution in [3.8, 4) is 0 Å². The number of nitrogens with zero attached hydrogens (tertiary/aromatic N) is 1. The van der Waals surface area contributed by atoms with Crippen LogP contribution in [0.5, 0.6) is 0 Å². The van der Waals surface area contributed by atoms with Gasteiger partial charge in [-0.15, -0.1) is 0 Å². The quantitative estimate of drug-likeness (QED) is 0.652. The molecule has 0 aliphatic carbocycles. The molecule has 0 atom stereocenters. The highest BCUT2D eigenvalue weighted by molar-refractivity contribution is 5.97. The summed E-state index contributed by atoms with van der Waals surface area (Å²) in [5, 5.41) is 2.95. The lowest BCUT2D eigenvalue weighted by molar-refractivity contribution is -0.117. The minimum absolute atomic E-state index is 0.00922. The lowest BCUT2D eigenvalue weighted by Gasteiger charge is -2.05. The van der Waals surface area contributed by atoms with E-state index in [9.17, 15) is 4.79 Å². The minimum atomic E-state index is -0.00922. The van der Waals surface area contributed by atoms with Crippen LogP contribution in [0.4, 0.5) is 0 Å². The van der Waals surface area contributed by atoms with Gasteiger partial charge in [0.15, 0.2) is 0 Å². The number of aryl methyl sites for hydroxylation is 1. The number of pyridine rings is 1. The summed E-state index contributed by atoms with van der Waals surface area (Å²) in [5.74, 6) is -0.00922. The van der Waals surface area contributed by atoms with Gasteiger partial charge in [0.25, 0.3) is 0 Å². The average molecular weight is 280 g/mol. The topological polar surface area (TPSA) is 42.0 Å². The van der Waals surface area contributed by atoms with Crippen molar-refractivity contribution in [3.63, 3.8) is 0 Å². The SMILES string of the molecule is C/C(=C\c1ccccc1)C(=O)NCCCc1cccnc1. The van der Waals surface area contributed by atoms with Crippen molar-refractivity contribution >= 4 is 12.0 Å². The van der Waals surface area contributed by atoms with E-state index in [0.29, 0.717) is 6.54 Å². The zero-order chi connectivity index (χ0) is 14.9. The molecule has 0 aliphatic rings. The van der Waals surface area contributed by atoms with Crippen LogP contribution >= 0.6 is 0 Å². The molecule has 0 radical (unpaired) electrons. The molecule has 21 heavy (non-hydrogen) atoms. The van der Waals surface area contributed by atoms with Crippen LogP contribution < -0.4 is 5.32 Å². The number of benzene rings is 1. The summed E-state index contributed by atoms with van der Waals surface area (Å²) in [6.07, 6.45) is 7.37. The van der Waals surface area contributed by atoms with E-state index in [0.717, 1.165) is 24.0 Å². The van der Waals surface area contributed by atoms with Gasteiger partial charge in [-0.3, -0.25) is 9.78 Å². The molecule has 0 unspecified atom stereocenters. The van der Waals surface area contributed by atoms with Crippen LogP contribution in [0.15, 0.2) is 60.4 Å². The zero-order valence-corrected chi connectivity index (χ0v) is 12.3. The van der Waals surface area contributed by atoms with Gasteiger partial charge in [0, 0.05) is 24.5 Å². The molecule has 1 aromatic heterocycles. The highest BCUT2D eigenvalue weighted by Gasteiger charge is 2.03. The van der Waals surface area contributed by atoms with Gasteiger partial charge in [0.2, 0.25) is 5.91 Å². The standard InChI is InChI=1S/C18H20N2O/c1-15(13-16-7-3-2-4-8-16)18(21)20-12-6-10-17-9-5-11-19-14-17/h2-5,7-9,11,13-14H,6,10,12H2,1H3,(H,20,21)/b15-13+. The molecular weight excluding hydrogens is 260 g/mol. The maximum atomic E-state index is 12.0. The number of amides is 1. The summed E-state index contributed by atoms with van der Waals surface area (Å²) in [6.45, 7) is 2.51. The number of carbonyl (C=O) groups excluding carboxylic acids is 1. The number of aromatic nitrogens is 1. The lowest BCUT2D eigenvalue weighted by Crippen LogP contribution is -2.25. The Kier molecular flexibility index (Phi) is 5.71. The molecule has 0 bridgehead atoms. The molecule has 1 heterocycles. The van der Waals surface area contributed by atoms with Crippen LogP contribution in [0.1, 0.15) is 24.5 Å². The normalized spacial score (nSPS) is 11.2. The van der Waals surface area contributed by atoms with Crippen molar-refractivity contribution in [1.82, 2.24) is 10.3 Å². The molecule has 0 fully saturated rings. The van der Waals surface area contributed by atoms with Crippen molar-refractivity contribution in [2.24, 2.45) is 0 Å². The van der Waals surface area contributed by atoms with Gasteiger partial charge in [-0.1, -0.05) is 36.4 Å². The Balaban J connectivity index is 1.75. The van der Waals surface area contributed by atoms with Gasteiger partial charge >= 0.3 is 0 Å². The molecule has 0 aliphatic heterocycles. The summed E-state index contributed by atoms with van der Waals surface area (Å²) in [7, 11) is 0. The molecule has 3 heteroatoms. The Morgan fingerprint density at radius 1 is 1.19 bits per heavy atom. The van der Waals surface area contributed by atoms with E-state index in [4.69, 9.17) is 0 Å². The molecule has 0 spiro atoms. The van der Waals surface area contributed by atoms with E-state index >= 15 is 0 Å². The van der Waals surface area contributed by atoms with Gasteiger partial charge < -0.3 is 5.32 Å². The van der Waals surface area contributed by atoms with E-state index in [2.05, 4.69) is 16.4 Å². The Hall–Kier alpha value is -2.42. The first-order chi connectivity index (χ1) is 10.3. The van der Waals surface area contributed by atoms with Crippen LogP contribution in [0.3, 0.4) is 0 Å². The van der Waals surface area contributed by atoms with Crippen LogP contribution in [0.2, 0.25) is 0 Å². The summed E-state index contributed by atoms with van der Waals surface area (Å²) in [6, 6.07) is 13.8. The Morgan fingerprint density at radius 3 is 2.71 bits per heavy atom. The van der Waals surface area contributed by atoms with E-state index in [1.54, 1.807) is 6.20 Å². The molecule has 1 aromatic carbocycles. The zero-order valence-electron chi connectivity index (χ0n) is 12.3. The molecule has 3 nitrogen and oxygen atoms in total. The molecule has 108 valence electrons. The fourth-order valence-electron chi connectivity index (χ4n) is 2.04. The van der Waals surface area contributed by atoms with Crippen molar-refractivity contribution in [1.29, 1.82) is 0 Å². The Labute approximate surface area is 125 Å². The van der Waals surface area contributed by atoms with Crippen LogP contribution in [-0.4, -0.2) is 17.4 Å². The summed E-state index contributed by atoms with van der Waals surface area (Å²) in [4.78, 5) is 16.0. The molecule has 0 saturated heterocycles. The lowest BCUT2D eigenvalue weighted by atomic mass is 10.1. The Bertz CT molecular complexity index is 591. The van der Waals surface area contributed by atoms with E-state index in [-0.39, 0.29) is 5.91 Å². The van der Waals surface area contributed by atoms with Gasteiger partial charge in [-0.05, 0) is 43.0 Å². The van der Waals surface area contributed by atoms with Gasteiger partial charge in [-0.2, -0.15) is 0 Å². The van der Waals surface area contributed by atoms with Crippen molar-refractivity contribution in [3.05, 3.63) is 71.6 Å². The number of hydrogen-bond acceptors (Lipinski definition) is 2. The van der Waals surface area contributed by atoms with Gasteiger partial charge in [0.1, 0.15) is 0 Å². The molecule has 2 aromatic rings. The predicted octanol–water partition coefficient (Wildman–Crippen LogP) is 3.23. The molecular formula is C18H20N2O. The van der Waals surface area contributed by atoms with E-state index < -0.39 is 0 Å². The minimum Gasteiger partial charge on any atom is -0.352 e. The van der Waals surface area contributed by atoms with Gasteiger partial charge in [-0.25, -0.2) is 0 Å². The van der Waals surface area contributed by atoms with Crippen LogP contribution in [0, 0.1) is 0 Å². The van der Waals surface area contributed by atoms with Crippen molar-refractivity contribution < 1.29 is 4.79 Å². The van der Waals surface area contributed by atoms with E-state index in [1.807, 2.05) is 55.6 Å². The predicted molar refractivity (Wildman–Crippen MR) is 85.7 cm³/mol. The summed E-state index contributed by atoms with van der Waals surface area (Å²) in [5.41, 5.74) is 2.96. The highest BCUT2D eigenvalue weighted by atomic mass is 16.1. The monoisotopic (exact) mass is 280 g/mol. The first-order valence-corrected chi connectivity index (χ1v) is 7.16. The molecule has 0 saturated carbocycles. The third kappa shape index (κ3) is 5.22. The number of rotatable bonds is 6. The number of hydrogen-bond donors (Lipinski definition) is 1. The molecule has 1 N–H and O–H groups in total. The largest absolute Gasteiger partial charge is 0.352 e. The Morgan fingerprint density at radius 2 is 2.00 bits per heavy atom. The second-order valence-corrected chi connectivity index (χ2v) is 4.96. The summed E-state index contributed by atoms with van der Waals surface area (Å²) < 4.78 is 0. The van der Waals surface area contributed by atoms with Crippen LogP contribution in [0.25, 0.3) is 6.08 Å². The van der Waals surface area contributed by atoms with Crippen LogP contribution in [-0.2, 0) is 11.2 Å². The highest BCUT2D eigenvalue weighted by Crippen LogP contribution is 2.06. The first kappa shape index (κ1) is 15.0. The van der Waals surface area contributed by atoms with Crippen molar-refractivity contribution in [2.45, 2.75) is 19.8 Å². The van der Waals surface area contributed by atoms with Crippen molar-refractivity contribution in [2.75, 3.05) is 6.54 Å². The fraction of sp³-hybridized carbons (Fsp3) is 0.222. The first-order valence-electron chi connectivity index (χ1n) is 7.16. The number of carbonyl (C=O) groups is 1. The third-order valence-electron chi connectivity index (χ3n) is 3.19. The second-order valence-electron chi connectivity index (χ2n) is 4.96. The number of nitrogens with one attached hydrogen (secondary N) is 1. The fourth-order valence-corrected chi connectivity index (χ4v) is 2.04. The maximum absolute atomic E-state index is 12.0.